The molecule has 1 aromatic rings. The summed E-state index contributed by atoms with van der Waals surface area (Å²) >= 11 is 0. The molecular formula is C19H22O4. The van der Waals surface area contributed by atoms with Crippen LogP contribution in [0.15, 0.2) is 41.7 Å². The summed E-state index contributed by atoms with van der Waals surface area (Å²) in [6.07, 6.45) is 4.06. The van der Waals surface area contributed by atoms with E-state index in [1.807, 2.05) is 38.1 Å². The highest BCUT2D eigenvalue weighted by Crippen LogP contribution is 2.37. The largest absolute Gasteiger partial charge is 0.500 e. The van der Waals surface area contributed by atoms with Gasteiger partial charge in [0.1, 0.15) is 17.1 Å². The molecule has 0 amide bonds. The van der Waals surface area contributed by atoms with Gasteiger partial charge in [-0.2, -0.15) is 0 Å². The van der Waals surface area contributed by atoms with Crippen molar-refractivity contribution in [1.82, 2.24) is 0 Å². The maximum Gasteiger partial charge on any atom is 0.192 e. The van der Waals surface area contributed by atoms with Gasteiger partial charge in [-0.05, 0) is 29.2 Å². The molecule has 0 radical (unpaired) electrons. The number of rotatable bonds is 5. The molecule has 0 fully saturated rings. The quantitative estimate of drug-likeness (QED) is 0.616. The van der Waals surface area contributed by atoms with Gasteiger partial charge in [0.2, 0.25) is 0 Å². The molecule has 1 aromatic carbocycles. The van der Waals surface area contributed by atoms with Crippen LogP contribution < -0.4 is 4.74 Å². The number of Topliss-reactive ketones (excluding diaryl/α,β-unsaturated/α-hetero) is 1. The highest BCUT2D eigenvalue weighted by atomic mass is 16.5. The lowest BCUT2D eigenvalue weighted by Crippen LogP contribution is -2.29. The predicted molar refractivity (Wildman–Crippen MR) is 89.1 cm³/mol. The van der Waals surface area contributed by atoms with E-state index in [9.17, 15) is 9.59 Å². The van der Waals surface area contributed by atoms with Gasteiger partial charge in [-0.3, -0.25) is 9.59 Å². The van der Waals surface area contributed by atoms with Gasteiger partial charge >= 0.3 is 0 Å². The van der Waals surface area contributed by atoms with Gasteiger partial charge in [0.15, 0.2) is 11.6 Å². The molecule has 0 saturated carbocycles. The van der Waals surface area contributed by atoms with Crippen LogP contribution in [0.5, 0.6) is 5.75 Å². The molecule has 4 nitrogen and oxygen atoms in total. The Morgan fingerprint density at radius 1 is 1.09 bits per heavy atom. The fourth-order valence-electron chi connectivity index (χ4n) is 2.68. The molecule has 23 heavy (non-hydrogen) atoms. The van der Waals surface area contributed by atoms with Crippen LogP contribution in [0.3, 0.4) is 0 Å². The molecule has 1 aliphatic carbocycles. The van der Waals surface area contributed by atoms with Gasteiger partial charge in [-0.1, -0.05) is 32.1 Å². The van der Waals surface area contributed by atoms with Crippen molar-refractivity contribution in [2.75, 3.05) is 14.2 Å². The van der Waals surface area contributed by atoms with Crippen LogP contribution in [0.25, 0.3) is 6.08 Å². The Labute approximate surface area is 136 Å². The molecule has 0 heterocycles. The summed E-state index contributed by atoms with van der Waals surface area (Å²) in [6, 6.07) is 7.33. The average molecular weight is 314 g/mol. The monoisotopic (exact) mass is 314 g/mol. The smallest absolute Gasteiger partial charge is 0.192 e. The summed E-state index contributed by atoms with van der Waals surface area (Å²) in [5.41, 5.74) is 0.866. The standard InChI is InChI=1S/C19H22O4/c1-19(2)11-16(21)18(17(12-19)23-4)15(20)10-7-13-5-8-14(22-3)9-6-13/h5-10H,11-12H2,1-4H3/b10-7+. The minimum Gasteiger partial charge on any atom is -0.500 e. The van der Waals surface area contributed by atoms with E-state index >= 15 is 0 Å². The Kier molecular flexibility index (Phi) is 5.04. The van der Waals surface area contributed by atoms with E-state index in [1.165, 1.54) is 13.2 Å². The Morgan fingerprint density at radius 3 is 2.30 bits per heavy atom. The average Bonchev–Trinajstić information content (AvgIpc) is 2.51. The zero-order chi connectivity index (χ0) is 17.0. The maximum absolute atomic E-state index is 12.4. The van der Waals surface area contributed by atoms with Crippen LogP contribution in [-0.2, 0) is 14.3 Å². The van der Waals surface area contributed by atoms with Crippen molar-refractivity contribution in [3.63, 3.8) is 0 Å². The normalized spacial score (nSPS) is 17.5. The Hall–Kier alpha value is -2.36. The Bertz CT molecular complexity index is 663. The SMILES string of the molecule is COC1=C(C(=O)/C=C/c2ccc(OC)cc2)C(=O)CC(C)(C)C1. The van der Waals surface area contributed by atoms with Gasteiger partial charge in [0.25, 0.3) is 0 Å². The van der Waals surface area contributed by atoms with E-state index in [1.54, 1.807) is 13.2 Å². The first-order valence-electron chi connectivity index (χ1n) is 7.53. The van der Waals surface area contributed by atoms with E-state index in [2.05, 4.69) is 0 Å². The van der Waals surface area contributed by atoms with Gasteiger partial charge < -0.3 is 9.47 Å². The number of ether oxygens (including phenoxy) is 2. The molecule has 0 aromatic heterocycles. The molecule has 0 spiro atoms. The number of allylic oxidation sites excluding steroid dienone is 3. The number of ketones is 2. The van der Waals surface area contributed by atoms with E-state index in [-0.39, 0.29) is 22.6 Å². The third-order valence-electron chi connectivity index (χ3n) is 3.87. The summed E-state index contributed by atoms with van der Waals surface area (Å²) in [7, 11) is 3.10. The summed E-state index contributed by atoms with van der Waals surface area (Å²) in [5.74, 6) is 0.777. The van der Waals surface area contributed by atoms with E-state index in [4.69, 9.17) is 9.47 Å². The lowest BCUT2D eigenvalue weighted by molar-refractivity contribution is -0.122. The van der Waals surface area contributed by atoms with Gasteiger partial charge in [0, 0.05) is 12.8 Å². The van der Waals surface area contributed by atoms with Crippen molar-refractivity contribution in [2.45, 2.75) is 26.7 Å². The highest BCUT2D eigenvalue weighted by molar-refractivity contribution is 6.25. The topological polar surface area (TPSA) is 52.6 Å². The van der Waals surface area contributed by atoms with Crippen LogP contribution in [0, 0.1) is 5.41 Å². The second kappa shape index (κ2) is 6.82. The van der Waals surface area contributed by atoms with Crippen molar-refractivity contribution in [3.05, 3.63) is 47.2 Å². The fraction of sp³-hybridized carbons (Fsp3) is 0.368. The first-order chi connectivity index (χ1) is 10.9. The Morgan fingerprint density at radius 2 is 1.74 bits per heavy atom. The molecule has 1 aliphatic rings. The number of hydrogen-bond acceptors (Lipinski definition) is 4. The van der Waals surface area contributed by atoms with Gasteiger partial charge in [-0.25, -0.2) is 0 Å². The molecule has 0 atom stereocenters. The summed E-state index contributed by atoms with van der Waals surface area (Å²) < 4.78 is 10.4. The van der Waals surface area contributed by atoms with Crippen LogP contribution in [0.4, 0.5) is 0 Å². The lowest BCUT2D eigenvalue weighted by atomic mass is 9.75. The number of benzene rings is 1. The second-order valence-corrected chi connectivity index (χ2v) is 6.41. The molecule has 2 rings (SSSR count). The number of methoxy groups -OCH3 is 2. The van der Waals surface area contributed by atoms with Crippen molar-refractivity contribution < 1.29 is 19.1 Å². The number of carbonyl (C=O) groups excluding carboxylic acids is 2. The zero-order valence-corrected chi connectivity index (χ0v) is 14.0. The van der Waals surface area contributed by atoms with Gasteiger partial charge in [0.05, 0.1) is 14.2 Å². The lowest BCUT2D eigenvalue weighted by Gasteiger charge is -2.30. The third kappa shape index (κ3) is 4.09. The summed E-state index contributed by atoms with van der Waals surface area (Å²) in [5, 5.41) is 0. The number of carbonyl (C=O) groups is 2. The summed E-state index contributed by atoms with van der Waals surface area (Å²) in [4.78, 5) is 24.7. The Balaban J connectivity index is 2.22. The number of hydrogen-bond donors (Lipinski definition) is 0. The van der Waals surface area contributed by atoms with Crippen LogP contribution in [-0.4, -0.2) is 25.8 Å². The molecule has 0 aliphatic heterocycles. The third-order valence-corrected chi connectivity index (χ3v) is 3.87. The predicted octanol–water partition coefficient (Wildman–Crippen LogP) is 3.57. The van der Waals surface area contributed by atoms with Crippen molar-refractivity contribution in [1.29, 1.82) is 0 Å². The fourth-order valence-corrected chi connectivity index (χ4v) is 2.68. The first-order valence-corrected chi connectivity index (χ1v) is 7.53. The highest BCUT2D eigenvalue weighted by Gasteiger charge is 2.35. The van der Waals surface area contributed by atoms with Crippen molar-refractivity contribution in [2.24, 2.45) is 5.41 Å². The van der Waals surface area contributed by atoms with Crippen molar-refractivity contribution >= 4 is 17.6 Å². The van der Waals surface area contributed by atoms with Crippen molar-refractivity contribution in [3.8, 4) is 5.75 Å². The molecule has 122 valence electrons. The van der Waals surface area contributed by atoms with Crippen LogP contribution in [0.2, 0.25) is 0 Å². The molecule has 4 heteroatoms. The molecule has 0 bridgehead atoms. The van der Waals surface area contributed by atoms with Crippen LogP contribution in [0.1, 0.15) is 32.3 Å². The first kappa shape index (κ1) is 17.0. The molecule has 0 unspecified atom stereocenters. The molecular weight excluding hydrogens is 292 g/mol. The minimum absolute atomic E-state index is 0.150. The van der Waals surface area contributed by atoms with E-state index in [0.717, 1.165) is 11.3 Å². The van der Waals surface area contributed by atoms with E-state index in [0.29, 0.717) is 18.6 Å². The van der Waals surface area contributed by atoms with E-state index < -0.39 is 0 Å². The molecule has 0 N–H and O–H groups in total. The summed E-state index contributed by atoms with van der Waals surface area (Å²) in [6.45, 7) is 4.00. The zero-order valence-electron chi connectivity index (χ0n) is 14.0. The molecule has 0 saturated heterocycles. The van der Waals surface area contributed by atoms with Gasteiger partial charge in [-0.15, -0.1) is 0 Å². The maximum atomic E-state index is 12.4. The second-order valence-electron chi connectivity index (χ2n) is 6.41. The van der Waals surface area contributed by atoms with Crippen LogP contribution >= 0.6 is 0 Å². The minimum atomic E-state index is -0.307.